The van der Waals surface area contributed by atoms with Crippen LogP contribution in [0.25, 0.3) is 0 Å². The summed E-state index contributed by atoms with van der Waals surface area (Å²) in [4.78, 5) is 25.2. The van der Waals surface area contributed by atoms with Crippen molar-refractivity contribution in [2.24, 2.45) is 5.73 Å². The van der Waals surface area contributed by atoms with E-state index >= 15 is 0 Å². The second-order valence-corrected chi connectivity index (χ2v) is 6.18. The van der Waals surface area contributed by atoms with E-state index in [1.807, 2.05) is 11.3 Å². The van der Waals surface area contributed by atoms with Crippen LogP contribution in [0.4, 0.5) is 5.82 Å². The Labute approximate surface area is 126 Å². The standard InChI is InChI=1S/C14H17N5OS/c15-14(20)10-7-16-8-12(18-10)17-6-5-13-19-9-3-1-2-4-11(9)21-13/h7-8H,1-6H2,(H2,15,20)(H,17,18). The van der Waals surface area contributed by atoms with Crippen molar-refractivity contribution in [3.63, 3.8) is 0 Å². The quantitative estimate of drug-likeness (QED) is 0.874. The van der Waals surface area contributed by atoms with E-state index < -0.39 is 5.91 Å². The Morgan fingerprint density at radius 2 is 2.14 bits per heavy atom. The molecular weight excluding hydrogens is 286 g/mol. The number of amides is 1. The SMILES string of the molecule is NC(=O)c1cncc(NCCc2nc3c(s2)CCCC3)n1. The normalized spacial score (nSPS) is 13.7. The number of carbonyl (C=O) groups excluding carboxylic acids is 1. The second kappa shape index (κ2) is 6.17. The van der Waals surface area contributed by atoms with Gasteiger partial charge in [0.15, 0.2) is 0 Å². The number of nitrogens with one attached hydrogen (secondary N) is 1. The zero-order valence-corrected chi connectivity index (χ0v) is 12.4. The lowest BCUT2D eigenvalue weighted by atomic mass is 10.0. The molecule has 0 atom stereocenters. The summed E-state index contributed by atoms with van der Waals surface area (Å²) in [7, 11) is 0. The first-order chi connectivity index (χ1) is 10.2. The average Bonchev–Trinajstić information content (AvgIpc) is 2.90. The third-order valence-corrected chi connectivity index (χ3v) is 4.64. The maximum Gasteiger partial charge on any atom is 0.268 e. The minimum Gasteiger partial charge on any atom is -0.368 e. The zero-order chi connectivity index (χ0) is 14.7. The lowest BCUT2D eigenvalue weighted by molar-refractivity contribution is 0.0995. The Morgan fingerprint density at radius 3 is 2.95 bits per heavy atom. The monoisotopic (exact) mass is 303 g/mol. The molecule has 0 bridgehead atoms. The van der Waals surface area contributed by atoms with Crippen molar-refractivity contribution in [2.45, 2.75) is 32.1 Å². The Kier molecular flexibility index (Phi) is 4.10. The number of hydrogen-bond acceptors (Lipinski definition) is 6. The van der Waals surface area contributed by atoms with Gasteiger partial charge in [0.05, 0.1) is 23.1 Å². The molecule has 3 rings (SSSR count). The summed E-state index contributed by atoms with van der Waals surface area (Å²) in [5.74, 6) is -0.00799. The molecule has 0 aromatic carbocycles. The summed E-state index contributed by atoms with van der Waals surface area (Å²) in [5, 5.41) is 4.31. The number of fused-ring (bicyclic) bond motifs is 1. The molecule has 0 spiro atoms. The number of rotatable bonds is 5. The van der Waals surface area contributed by atoms with Gasteiger partial charge in [-0.3, -0.25) is 9.78 Å². The van der Waals surface area contributed by atoms with Crippen LogP contribution in [0, 0.1) is 0 Å². The topological polar surface area (TPSA) is 93.8 Å². The van der Waals surface area contributed by atoms with Crippen molar-refractivity contribution in [3.8, 4) is 0 Å². The van der Waals surface area contributed by atoms with E-state index in [0.717, 1.165) is 17.8 Å². The molecule has 2 aromatic rings. The molecule has 110 valence electrons. The van der Waals surface area contributed by atoms with Crippen molar-refractivity contribution in [1.82, 2.24) is 15.0 Å². The Balaban J connectivity index is 1.57. The number of hydrogen-bond donors (Lipinski definition) is 2. The van der Waals surface area contributed by atoms with Crippen LogP contribution in [0.5, 0.6) is 0 Å². The molecule has 7 heteroatoms. The molecule has 0 fully saturated rings. The van der Waals surface area contributed by atoms with Gasteiger partial charge in [0.2, 0.25) is 0 Å². The van der Waals surface area contributed by atoms with E-state index in [1.165, 1.54) is 36.0 Å². The van der Waals surface area contributed by atoms with E-state index in [9.17, 15) is 4.79 Å². The van der Waals surface area contributed by atoms with Gasteiger partial charge in [-0.25, -0.2) is 9.97 Å². The molecule has 0 radical (unpaired) electrons. The largest absolute Gasteiger partial charge is 0.368 e. The first kappa shape index (κ1) is 13.9. The van der Waals surface area contributed by atoms with Crippen molar-refractivity contribution in [1.29, 1.82) is 0 Å². The highest BCUT2D eigenvalue weighted by molar-refractivity contribution is 7.11. The summed E-state index contributed by atoms with van der Waals surface area (Å²) in [6.45, 7) is 0.712. The number of primary amides is 1. The van der Waals surface area contributed by atoms with Crippen LogP contribution in [0.2, 0.25) is 0 Å². The highest BCUT2D eigenvalue weighted by Gasteiger charge is 2.14. The molecule has 2 heterocycles. The summed E-state index contributed by atoms with van der Waals surface area (Å²) < 4.78 is 0. The highest BCUT2D eigenvalue weighted by Crippen LogP contribution is 2.26. The van der Waals surface area contributed by atoms with E-state index in [0.29, 0.717) is 12.4 Å². The molecule has 2 aromatic heterocycles. The number of nitrogens with two attached hydrogens (primary N) is 1. The van der Waals surface area contributed by atoms with Gasteiger partial charge in [0.1, 0.15) is 11.5 Å². The van der Waals surface area contributed by atoms with Crippen LogP contribution in [0.3, 0.4) is 0 Å². The van der Waals surface area contributed by atoms with Gasteiger partial charge in [-0.15, -0.1) is 11.3 Å². The molecule has 0 saturated heterocycles. The summed E-state index contributed by atoms with van der Waals surface area (Å²) >= 11 is 1.82. The molecule has 0 aliphatic heterocycles. The van der Waals surface area contributed by atoms with Gasteiger partial charge in [-0.1, -0.05) is 0 Å². The predicted molar refractivity (Wildman–Crippen MR) is 81.5 cm³/mol. The third-order valence-electron chi connectivity index (χ3n) is 3.42. The maximum atomic E-state index is 11.0. The minimum atomic E-state index is -0.571. The molecule has 0 saturated carbocycles. The Bertz CT molecular complexity index is 631. The van der Waals surface area contributed by atoms with Crippen molar-refractivity contribution < 1.29 is 4.79 Å². The van der Waals surface area contributed by atoms with Crippen molar-refractivity contribution in [3.05, 3.63) is 33.7 Å². The Morgan fingerprint density at radius 1 is 1.29 bits per heavy atom. The predicted octanol–water partition coefficient (Wildman–Crippen LogP) is 1.57. The number of thiazole rings is 1. The highest BCUT2D eigenvalue weighted by atomic mass is 32.1. The number of carbonyl (C=O) groups is 1. The molecular formula is C14H17N5OS. The van der Waals surface area contributed by atoms with Crippen molar-refractivity contribution >= 4 is 23.1 Å². The molecule has 1 aliphatic rings. The van der Waals surface area contributed by atoms with Crippen molar-refractivity contribution in [2.75, 3.05) is 11.9 Å². The smallest absolute Gasteiger partial charge is 0.268 e. The van der Waals surface area contributed by atoms with Crippen LogP contribution < -0.4 is 11.1 Å². The van der Waals surface area contributed by atoms with Crippen LogP contribution in [-0.4, -0.2) is 27.4 Å². The molecule has 3 N–H and O–H groups in total. The van der Waals surface area contributed by atoms with E-state index in [1.54, 1.807) is 6.20 Å². The molecule has 21 heavy (non-hydrogen) atoms. The zero-order valence-electron chi connectivity index (χ0n) is 11.6. The second-order valence-electron chi connectivity index (χ2n) is 5.02. The fraction of sp³-hybridized carbons (Fsp3) is 0.429. The summed E-state index contributed by atoms with van der Waals surface area (Å²) in [6, 6.07) is 0. The lowest BCUT2D eigenvalue weighted by Gasteiger charge is -2.06. The van der Waals surface area contributed by atoms with Gasteiger partial charge in [0, 0.05) is 17.8 Å². The van der Waals surface area contributed by atoms with E-state index in [-0.39, 0.29) is 5.69 Å². The number of anilines is 1. The van der Waals surface area contributed by atoms with Gasteiger partial charge in [0.25, 0.3) is 5.91 Å². The average molecular weight is 303 g/mol. The Hall–Kier alpha value is -2.02. The number of nitrogens with zero attached hydrogens (tertiary/aromatic N) is 3. The fourth-order valence-electron chi connectivity index (χ4n) is 2.38. The maximum absolute atomic E-state index is 11.0. The van der Waals surface area contributed by atoms with Crippen LogP contribution in [0.1, 0.15) is 38.9 Å². The van der Waals surface area contributed by atoms with Crippen LogP contribution in [-0.2, 0) is 19.3 Å². The lowest BCUT2D eigenvalue weighted by Crippen LogP contribution is -2.15. The molecule has 1 amide bonds. The third kappa shape index (κ3) is 3.36. The molecule has 1 aliphatic carbocycles. The first-order valence-corrected chi connectivity index (χ1v) is 7.87. The van der Waals surface area contributed by atoms with Gasteiger partial charge in [-0.05, 0) is 25.7 Å². The van der Waals surface area contributed by atoms with Gasteiger partial charge < -0.3 is 11.1 Å². The van der Waals surface area contributed by atoms with Crippen LogP contribution >= 0.6 is 11.3 Å². The molecule has 6 nitrogen and oxygen atoms in total. The summed E-state index contributed by atoms with van der Waals surface area (Å²) in [5.41, 5.74) is 6.64. The van der Waals surface area contributed by atoms with Gasteiger partial charge in [-0.2, -0.15) is 0 Å². The summed E-state index contributed by atoms with van der Waals surface area (Å²) in [6.07, 6.45) is 8.62. The number of aryl methyl sites for hydroxylation is 2. The first-order valence-electron chi connectivity index (χ1n) is 7.05. The number of aromatic nitrogens is 3. The van der Waals surface area contributed by atoms with Gasteiger partial charge >= 0.3 is 0 Å². The van der Waals surface area contributed by atoms with Crippen LogP contribution in [0.15, 0.2) is 12.4 Å². The van der Waals surface area contributed by atoms with E-state index in [2.05, 4.69) is 15.3 Å². The minimum absolute atomic E-state index is 0.171. The fourth-order valence-corrected chi connectivity index (χ4v) is 3.54. The van der Waals surface area contributed by atoms with E-state index in [4.69, 9.17) is 10.7 Å². The molecule has 0 unspecified atom stereocenters.